The van der Waals surface area contributed by atoms with Gasteiger partial charge in [0.2, 0.25) is 5.91 Å². The molecule has 1 aliphatic heterocycles. The Hall–Kier alpha value is -2.96. The molecule has 0 unspecified atom stereocenters. The van der Waals surface area contributed by atoms with E-state index in [2.05, 4.69) is 23.8 Å². The van der Waals surface area contributed by atoms with Gasteiger partial charge in [-0.15, -0.1) is 0 Å². The van der Waals surface area contributed by atoms with Crippen molar-refractivity contribution in [3.8, 4) is 5.69 Å². The van der Waals surface area contributed by atoms with Crippen molar-refractivity contribution in [3.63, 3.8) is 0 Å². The van der Waals surface area contributed by atoms with Gasteiger partial charge >= 0.3 is 0 Å². The molecular weight excluding hydrogens is 376 g/mol. The third-order valence-electron chi connectivity index (χ3n) is 5.86. The summed E-state index contributed by atoms with van der Waals surface area (Å²) in [6, 6.07) is 10.1. The van der Waals surface area contributed by atoms with E-state index in [4.69, 9.17) is 9.97 Å². The van der Waals surface area contributed by atoms with Crippen LogP contribution in [0, 0.1) is 5.92 Å². The first-order valence-corrected chi connectivity index (χ1v) is 10.8. The van der Waals surface area contributed by atoms with Gasteiger partial charge in [-0.2, -0.15) is 5.10 Å². The molecule has 1 atom stereocenters. The summed E-state index contributed by atoms with van der Waals surface area (Å²) in [7, 11) is 0. The zero-order chi connectivity index (χ0) is 21.3. The van der Waals surface area contributed by atoms with Crippen molar-refractivity contribution < 1.29 is 4.79 Å². The van der Waals surface area contributed by atoms with E-state index >= 15 is 0 Å². The lowest BCUT2D eigenvalue weighted by molar-refractivity contribution is -0.134. The second-order valence-corrected chi connectivity index (χ2v) is 8.31. The van der Waals surface area contributed by atoms with Gasteiger partial charge in [-0.1, -0.05) is 45.9 Å². The van der Waals surface area contributed by atoms with E-state index in [-0.39, 0.29) is 17.7 Å². The highest BCUT2D eigenvalue weighted by atomic mass is 16.2. The molecule has 7 nitrogen and oxygen atoms in total. The molecule has 1 fully saturated rings. The number of aromatic nitrogens is 4. The number of piperazine rings is 1. The number of benzene rings is 1. The SMILES string of the molecule is CC[C@H](C)c1nc(N2CCN(C(=O)C(C)C)CC2)c2cnn(-c3ccccc3)c2n1. The van der Waals surface area contributed by atoms with E-state index in [0.717, 1.165) is 47.9 Å². The highest BCUT2D eigenvalue weighted by Gasteiger charge is 2.26. The van der Waals surface area contributed by atoms with Crippen LogP contribution in [0.5, 0.6) is 0 Å². The number of hydrogen-bond donors (Lipinski definition) is 0. The molecule has 1 amide bonds. The highest BCUT2D eigenvalue weighted by molar-refractivity contribution is 5.88. The summed E-state index contributed by atoms with van der Waals surface area (Å²) in [5, 5.41) is 5.59. The molecule has 3 aromatic rings. The van der Waals surface area contributed by atoms with Crippen LogP contribution >= 0.6 is 0 Å². The summed E-state index contributed by atoms with van der Waals surface area (Å²) in [5.74, 6) is 2.28. The minimum Gasteiger partial charge on any atom is -0.352 e. The van der Waals surface area contributed by atoms with Crippen LogP contribution in [-0.4, -0.2) is 56.7 Å². The van der Waals surface area contributed by atoms with Gasteiger partial charge in [-0.3, -0.25) is 4.79 Å². The Morgan fingerprint density at radius 2 is 1.73 bits per heavy atom. The first-order valence-electron chi connectivity index (χ1n) is 10.8. The van der Waals surface area contributed by atoms with Gasteiger partial charge in [-0.25, -0.2) is 14.6 Å². The maximum absolute atomic E-state index is 12.4. The van der Waals surface area contributed by atoms with Crippen LogP contribution in [-0.2, 0) is 4.79 Å². The molecule has 0 saturated carbocycles. The summed E-state index contributed by atoms with van der Waals surface area (Å²) in [4.78, 5) is 26.5. The average molecular weight is 407 g/mol. The van der Waals surface area contributed by atoms with Crippen LogP contribution in [0.15, 0.2) is 36.5 Å². The molecule has 0 radical (unpaired) electrons. The fourth-order valence-corrected chi connectivity index (χ4v) is 3.82. The maximum atomic E-state index is 12.4. The lowest BCUT2D eigenvalue weighted by atomic mass is 10.1. The Kier molecular flexibility index (Phi) is 5.70. The molecular formula is C23H30N6O. The number of rotatable bonds is 5. The summed E-state index contributed by atoms with van der Waals surface area (Å²) in [6.45, 7) is 11.2. The van der Waals surface area contributed by atoms with E-state index in [1.165, 1.54) is 0 Å². The van der Waals surface area contributed by atoms with Crippen molar-refractivity contribution in [1.82, 2.24) is 24.6 Å². The van der Waals surface area contributed by atoms with Gasteiger partial charge in [0.05, 0.1) is 17.3 Å². The standard InChI is InChI=1S/C23H30N6O/c1-5-17(4)20-25-21(27-11-13-28(14-12-27)23(30)16(2)3)19-15-24-29(22(19)26-20)18-9-7-6-8-10-18/h6-10,15-17H,5,11-14H2,1-4H3/t17-/m0/s1. The Labute approximate surface area is 177 Å². The maximum Gasteiger partial charge on any atom is 0.225 e. The normalized spacial score (nSPS) is 15.8. The molecule has 1 saturated heterocycles. The zero-order valence-corrected chi connectivity index (χ0v) is 18.2. The van der Waals surface area contributed by atoms with Gasteiger partial charge in [0.1, 0.15) is 11.6 Å². The minimum absolute atomic E-state index is 0.0309. The molecule has 0 N–H and O–H groups in total. The topological polar surface area (TPSA) is 67.2 Å². The number of para-hydroxylation sites is 1. The fourth-order valence-electron chi connectivity index (χ4n) is 3.82. The van der Waals surface area contributed by atoms with Gasteiger partial charge in [0, 0.05) is 38.0 Å². The third-order valence-corrected chi connectivity index (χ3v) is 5.86. The number of anilines is 1. The van der Waals surface area contributed by atoms with Crippen LogP contribution in [0.3, 0.4) is 0 Å². The first-order chi connectivity index (χ1) is 14.5. The van der Waals surface area contributed by atoms with Crippen molar-refractivity contribution in [2.45, 2.75) is 40.0 Å². The zero-order valence-electron chi connectivity index (χ0n) is 18.2. The van der Waals surface area contributed by atoms with Crippen molar-refractivity contribution in [3.05, 3.63) is 42.4 Å². The smallest absolute Gasteiger partial charge is 0.225 e. The first kappa shape index (κ1) is 20.3. The van der Waals surface area contributed by atoms with Crippen molar-refractivity contribution >= 4 is 22.8 Å². The van der Waals surface area contributed by atoms with Crippen molar-refractivity contribution in [2.24, 2.45) is 5.92 Å². The quantitative estimate of drug-likeness (QED) is 0.647. The number of carbonyl (C=O) groups is 1. The van der Waals surface area contributed by atoms with E-state index < -0.39 is 0 Å². The van der Waals surface area contributed by atoms with Crippen LogP contribution in [0.2, 0.25) is 0 Å². The third kappa shape index (κ3) is 3.76. The van der Waals surface area contributed by atoms with Crippen LogP contribution in [0.25, 0.3) is 16.7 Å². The molecule has 0 aliphatic carbocycles. The molecule has 0 spiro atoms. The lowest BCUT2D eigenvalue weighted by Crippen LogP contribution is -2.50. The number of carbonyl (C=O) groups excluding carboxylic acids is 1. The largest absolute Gasteiger partial charge is 0.352 e. The summed E-state index contributed by atoms with van der Waals surface area (Å²) < 4.78 is 1.89. The van der Waals surface area contributed by atoms with Crippen molar-refractivity contribution in [1.29, 1.82) is 0 Å². The van der Waals surface area contributed by atoms with Gasteiger partial charge in [0.15, 0.2) is 5.65 Å². The summed E-state index contributed by atoms with van der Waals surface area (Å²) in [5.41, 5.74) is 1.82. The van der Waals surface area contributed by atoms with E-state index in [0.29, 0.717) is 13.1 Å². The molecule has 1 aliphatic rings. The van der Waals surface area contributed by atoms with E-state index in [1.54, 1.807) is 0 Å². The van der Waals surface area contributed by atoms with E-state index in [1.807, 2.05) is 60.0 Å². The monoisotopic (exact) mass is 406 g/mol. The minimum atomic E-state index is 0.0309. The van der Waals surface area contributed by atoms with Gasteiger partial charge in [-0.05, 0) is 18.6 Å². The molecule has 7 heteroatoms. The molecule has 30 heavy (non-hydrogen) atoms. The average Bonchev–Trinajstić information content (AvgIpc) is 3.22. The number of amides is 1. The molecule has 3 heterocycles. The fraction of sp³-hybridized carbons (Fsp3) is 0.478. The highest BCUT2D eigenvalue weighted by Crippen LogP contribution is 2.29. The molecule has 4 rings (SSSR count). The number of nitrogens with zero attached hydrogens (tertiary/aromatic N) is 6. The summed E-state index contributed by atoms with van der Waals surface area (Å²) in [6.07, 6.45) is 2.84. The lowest BCUT2D eigenvalue weighted by Gasteiger charge is -2.36. The molecule has 1 aromatic carbocycles. The van der Waals surface area contributed by atoms with Gasteiger partial charge < -0.3 is 9.80 Å². The second-order valence-electron chi connectivity index (χ2n) is 8.31. The predicted molar refractivity (Wildman–Crippen MR) is 119 cm³/mol. The summed E-state index contributed by atoms with van der Waals surface area (Å²) >= 11 is 0. The van der Waals surface area contributed by atoms with E-state index in [9.17, 15) is 4.79 Å². The van der Waals surface area contributed by atoms with Gasteiger partial charge in [0.25, 0.3) is 0 Å². The van der Waals surface area contributed by atoms with Crippen LogP contribution in [0.1, 0.15) is 45.9 Å². The Bertz CT molecular complexity index is 1020. The number of fused-ring (bicyclic) bond motifs is 1. The van der Waals surface area contributed by atoms with Crippen molar-refractivity contribution in [2.75, 3.05) is 31.1 Å². The molecule has 2 aromatic heterocycles. The Balaban J connectivity index is 1.73. The number of hydrogen-bond acceptors (Lipinski definition) is 5. The molecule has 158 valence electrons. The second kappa shape index (κ2) is 8.42. The molecule has 0 bridgehead atoms. The predicted octanol–water partition coefficient (Wildman–Crippen LogP) is 3.63. The Morgan fingerprint density at radius 3 is 2.37 bits per heavy atom. The van der Waals surface area contributed by atoms with Crippen LogP contribution in [0.4, 0.5) is 5.82 Å². The Morgan fingerprint density at radius 1 is 1.03 bits per heavy atom. The van der Waals surface area contributed by atoms with Crippen LogP contribution < -0.4 is 4.90 Å².